The first kappa shape index (κ1) is 11.8. The van der Waals surface area contributed by atoms with Crippen LogP contribution in [0.4, 0.5) is 0 Å². The molecule has 0 amide bonds. The SMILES string of the molecule is C=CN1CCCC1.CC=CC(=O)O. The van der Waals surface area contributed by atoms with Crippen molar-refractivity contribution in [2.75, 3.05) is 13.1 Å². The van der Waals surface area contributed by atoms with Crippen LogP contribution in [0.25, 0.3) is 0 Å². The van der Waals surface area contributed by atoms with E-state index in [-0.39, 0.29) is 0 Å². The predicted octanol–water partition coefficient (Wildman–Crippen LogP) is 1.87. The summed E-state index contributed by atoms with van der Waals surface area (Å²) in [6, 6.07) is 0. The second kappa shape index (κ2) is 7.40. The lowest BCUT2D eigenvalue weighted by Crippen LogP contribution is -2.08. The number of hydrogen-bond acceptors (Lipinski definition) is 2. The maximum absolute atomic E-state index is 9.51. The van der Waals surface area contributed by atoms with E-state index in [1.54, 1.807) is 6.92 Å². The van der Waals surface area contributed by atoms with Crippen molar-refractivity contribution in [1.29, 1.82) is 0 Å². The second-order valence-electron chi connectivity index (χ2n) is 2.76. The standard InChI is InChI=1S/C6H11N.C4H6O2/c1-2-7-5-3-4-6-7;1-2-3-4(5)6/h2H,1,3-6H2;2-3H,1H3,(H,5,6). The summed E-state index contributed by atoms with van der Waals surface area (Å²) < 4.78 is 0. The van der Waals surface area contributed by atoms with E-state index in [1.807, 2.05) is 6.20 Å². The molecule has 1 saturated heterocycles. The largest absolute Gasteiger partial charge is 0.478 e. The molecule has 1 heterocycles. The van der Waals surface area contributed by atoms with Crippen molar-refractivity contribution in [1.82, 2.24) is 4.90 Å². The highest BCUT2D eigenvalue weighted by Gasteiger charge is 2.04. The van der Waals surface area contributed by atoms with Crippen molar-refractivity contribution < 1.29 is 9.90 Å². The van der Waals surface area contributed by atoms with Gasteiger partial charge in [-0.3, -0.25) is 0 Å². The highest BCUT2D eigenvalue weighted by atomic mass is 16.4. The first-order valence-electron chi connectivity index (χ1n) is 4.43. The smallest absolute Gasteiger partial charge is 0.327 e. The number of likely N-dealkylation sites (tertiary alicyclic amines) is 1. The average molecular weight is 183 g/mol. The van der Waals surface area contributed by atoms with E-state index in [0.29, 0.717) is 0 Å². The third-order valence-corrected chi connectivity index (χ3v) is 1.71. The van der Waals surface area contributed by atoms with Crippen molar-refractivity contribution in [3.05, 3.63) is 24.9 Å². The molecule has 0 radical (unpaired) electrons. The minimum absolute atomic E-state index is 0.891. The van der Waals surface area contributed by atoms with Crippen molar-refractivity contribution in [3.8, 4) is 0 Å². The number of nitrogens with zero attached hydrogens (tertiary/aromatic N) is 1. The van der Waals surface area contributed by atoms with Gasteiger partial charge in [0.15, 0.2) is 0 Å². The van der Waals surface area contributed by atoms with Gasteiger partial charge < -0.3 is 10.0 Å². The Morgan fingerprint density at radius 3 is 2.15 bits per heavy atom. The zero-order chi connectivity index (χ0) is 10.1. The summed E-state index contributed by atoms with van der Waals surface area (Å²) in [5.74, 6) is -0.891. The summed E-state index contributed by atoms with van der Waals surface area (Å²) in [5, 5.41) is 7.83. The molecule has 1 N–H and O–H groups in total. The van der Waals surface area contributed by atoms with E-state index in [9.17, 15) is 4.79 Å². The number of carboxylic acids is 1. The van der Waals surface area contributed by atoms with Crippen LogP contribution in [0.3, 0.4) is 0 Å². The topological polar surface area (TPSA) is 40.5 Å². The minimum atomic E-state index is -0.891. The fourth-order valence-electron chi connectivity index (χ4n) is 1.07. The zero-order valence-electron chi connectivity index (χ0n) is 8.07. The van der Waals surface area contributed by atoms with Crippen molar-refractivity contribution >= 4 is 5.97 Å². The van der Waals surface area contributed by atoms with Gasteiger partial charge >= 0.3 is 5.97 Å². The Morgan fingerprint density at radius 1 is 1.46 bits per heavy atom. The quantitative estimate of drug-likeness (QED) is 0.664. The van der Waals surface area contributed by atoms with Crippen LogP contribution in [-0.2, 0) is 4.79 Å². The molecule has 1 fully saturated rings. The molecule has 1 aliphatic rings. The second-order valence-corrected chi connectivity index (χ2v) is 2.76. The van der Waals surface area contributed by atoms with Gasteiger partial charge in [0, 0.05) is 19.2 Å². The van der Waals surface area contributed by atoms with Crippen LogP contribution in [0.15, 0.2) is 24.9 Å². The maximum Gasteiger partial charge on any atom is 0.327 e. The van der Waals surface area contributed by atoms with Crippen LogP contribution in [0.5, 0.6) is 0 Å². The number of carboxylic acid groups (broad SMARTS) is 1. The lowest BCUT2D eigenvalue weighted by atomic mass is 10.4. The molecule has 1 rings (SSSR count). The first-order chi connectivity index (χ1) is 6.20. The van der Waals surface area contributed by atoms with Gasteiger partial charge in [-0.1, -0.05) is 12.7 Å². The molecule has 0 spiro atoms. The maximum atomic E-state index is 9.51. The van der Waals surface area contributed by atoms with Gasteiger partial charge in [0.2, 0.25) is 0 Å². The zero-order valence-corrected chi connectivity index (χ0v) is 8.07. The van der Waals surface area contributed by atoms with Gasteiger partial charge in [0.25, 0.3) is 0 Å². The van der Waals surface area contributed by atoms with Crippen LogP contribution < -0.4 is 0 Å². The summed E-state index contributed by atoms with van der Waals surface area (Å²) in [4.78, 5) is 11.8. The Labute approximate surface area is 79.4 Å². The van der Waals surface area contributed by atoms with Gasteiger partial charge in [0.1, 0.15) is 0 Å². The molecule has 0 saturated carbocycles. The number of allylic oxidation sites excluding steroid dienone is 1. The van der Waals surface area contributed by atoms with Crippen LogP contribution in [-0.4, -0.2) is 29.1 Å². The highest BCUT2D eigenvalue weighted by molar-refractivity contribution is 5.79. The predicted molar refractivity (Wildman–Crippen MR) is 53.5 cm³/mol. The Kier molecular flexibility index (Phi) is 6.69. The van der Waals surface area contributed by atoms with Crippen molar-refractivity contribution in [2.45, 2.75) is 19.8 Å². The molecule has 13 heavy (non-hydrogen) atoms. The molecule has 0 aromatic carbocycles. The van der Waals surface area contributed by atoms with Crippen molar-refractivity contribution in [2.24, 2.45) is 0 Å². The van der Waals surface area contributed by atoms with Gasteiger partial charge in [0.05, 0.1) is 0 Å². The third-order valence-electron chi connectivity index (χ3n) is 1.71. The van der Waals surface area contributed by atoms with Crippen LogP contribution >= 0.6 is 0 Å². The molecular formula is C10H17NO2. The summed E-state index contributed by atoms with van der Waals surface area (Å²) in [7, 11) is 0. The van der Waals surface area contributed by atoms with Crippen molar-refractivity contribution in [3.63, 3.8) is 0 Å². The molecule has 0 bridgehead atoms. The van der Waals surface area contributed by atoms with E-state index in [4.69, 9.17) is 5.11 Å². The number of rotatable bonds is 2. The minimum Gasteiger partial charge on any atom is -0.478 e. The van der Waals surface area contributed by atoms with E-state index in [1.165, 1.54) is 32.0 Å². The summed E-state index contributed by atoms with van der Waals surface area (Å²) in [6.07, 6.45) is 7.19. The van der Waals surface area contributed by atoms with Crippen LogP contribution in [0.1, 0.15) is 19.8 Å². The molecule has 3 heteroatoms. The number of carbonyl (C=O) groups is 1. The van der Waals surface area contributed by atoms with Gasteiger partial charge in [-0.25, -0.2) is 4.79 Å². The lowest BCUT2D eigenvalue weighted by Gasteiger charge is -2.07. The average Bonchev–Trinajstić information content (AvgIpc) is 2.56. The van der Waals surface area contributed by atoms with E-state index >= 15 is 0 Å². The number of aliphatic carboxylic acids is 1. The third kappa shape index (κ3) is 7.12. The molecule has 0 aromatic heterocycles. The van der Waals surface area contributed by atoms with Gasteiger partial charge in [-0.05, 0) is 26.0 Å². The van der Waals surface area contributed by atoms with E-state index < -0.39 is 5.97 Å². The molecule has 0 atom stereocenters. The Morgan fingerprint density at radius 2 is 2.00 bits per heavy atom. The molecule has 1 aliphatic heterocycles. The molecule has 3 nitrogen and oxygen atoms in total. The van der Waals surface area contributed by atoms with Gasteiger partial charge in [-0.2, -0.15) is 0 Å². The monoisotopic (exact) mass is 183 g/mol. The van der Waals surface area contributed by atoms with Crippen LogP contribution in [0, 0.1) is 0 Å². The molecular weight excluding hydrogens is 166 g/mol. The summed E-state index contributed by atoms with van der Waals surface area (Å²) >= 11 is 0. The summed E-state index contributed by atoms with van der Waals surface area (Å²) in [5.41, 5.74) is 0. The molecule has 0 aromatic rings. The molecule has 0 unspecified atom stereocenters. The fraction of sp³-hybridized carbons (Fsp3) is 0.500. The first-order valence-corrected chi connectivity index (χ1v) is 4.43. The van der Waals surface area contributed by atoms with Crippen LogP contribution in [0.2, 0.25) is 0 Å². The van der Waals surface area contributed by atoms with Gasteiger partial charge in [-0.15, -0.1) is 0 Å². The highest BCUT2D eigenvalue weighted by Crippen LogP contribution is 2.05. The summed E-state index contributed by atoms with van der Waals surface area (Å²) in [6.45, 7) is 7.78. The Bertz CT molecular complexity index is 181. The fourth-order valence-corrected chi connectivity index (χ4v) is 1.07. The van der Waals surface area contributed by atoms with E-state index in [2.05, 4.69) is 11.5 Å². The number of hydrogen-bond donors (Lipinski definition) is 1. The Balaban J connectivity index is 0.000000226. The molecule has 0 aliphatic carbocycles. The lowest BCUT2D eigenvalue weighted by molar-refractivity contribution is -0.131. The molecule has 74 valence electrons. The Hall–Kier alpha value is -1.25. The van der Waals surface area contributed by atoms with E-state index in [0.717, 1.165) is 6.08 Å². The normalized spacial score (nSPS) is 15.3.